The number of likely N-dealkylation sites (tertiary alicyclic amines) is 1. The van der Waals surface area contributed by atoms with Crippen LogP contribution in [0.3, 0.4) is 0 Å². The molecule has 1 rings (SSSR count). The summed E-state index contributed by atoms with van der Waals surface area (Å²) in [7, 11) is 1.77. The molecule has 1 atom stereocenters. The Labute approximate surface area is 87.6 Å². The fourth-order valence-electron chi connectivity index (χ4n) is 2.17. The molecule has 0 spiro atoms. The van der Waals surface area contributed by atoms with Crippen molar-refractivity contribution in [3.63, 3.8) is 0 Å². The minimum absolute atomic E-state index is 0.849. The smallest absolute Gasteiger partial charge is 0.0462 e. The van der Waals surface area contributed by atoms with Crippen molar-refractivity contribution < 1.29 is 4.74 Å². The highest BCUT2D eigenvalue weighted by Gasteiger charge is 2.20. The van der Waals surface area contributed by atoms with E-state index >= 15 is 0 Å². The molecule has 0 aromatic rings. The maximum Gasteiger partial charge on any atom is 0.0462 e. The van der Waals surface area contributed by atoms with Crippen molar-refractivity contribution in [1.29, 1.82) is 0 Å². The van der Waals surface area contributed by atoms with Gasteiger partial charge in [0.15, 0.2) is 0 Å². The molecule has 0 aromatic heterocycles. The summed E-state index contributed by atoms with van der Waals surface area (Å²) in [6.07, 6.45) is 5.01. The standard InChI is InChI=1S/C11H24N2O/c1-14-9-3-2-7-13-8-5-11(10-13)4-6-12/h11H,2-10,12H2,1H3. The van der Waals surface area contributed by atoms with Crippen molar-refractivity contribution in [3.05, 3.63) is 0 Å². The van der Waals surface area contributed by atoms with Gasteiger partial charge in [-0.1, -0.05) is 0 Å². The predicted molar refractivity (Wildman–Crippen MR) is 59.3 cm³/mol. The van der Waals surface area contributed by atoms with Crippen molar-refractivity contribution in [2.45, 2.75) is 25.7 Å². The van der Waals surface area contributed by atoms with Gasteiger partial charge in [-0.25, -0.2) is 0 Å². The van der Waals surface area contributed by atoms with Gasteiger partial charge < -0.3 is 15.4 Å². The second-order valence-electron chi connectivity index (χ2n) is 4.23. The van der Waals surface area contributed by atoms with Crippen LogP contribution in [0.2, 0.25) is 0 Å². The third kappa shape index (κ3) is 4.40. The molecule has 2 N–H and O–H groups in total. The van der Waals surface area contributed by atoms with Crippen LogP contribution in [0.5, 0.6) is 0 Å². The Morgan fingerprint density at radius 2 is 2.29 bits per heavy atom. The van der Waals surface area contributed by atoms with Gasteiger partial charge in [0.1, 0.15) is 0 Å². The van der Waals surface area contributed by atoms with Crippen molar-refractivity contribution >= 4 is 0 Å². The highest BCUT2D eigenvalue weighted by Crippen LogP contribution is 2.18. The minimum Gasteiger partial charge on any atom is -0.385 e. The van der Waals surface area contributed by atoms with Gasteiger partial charge in [-0.15, -0.1) is 0 Å². The lowest BCUT2D eigenvalue weighted by atomic mass is 10.1. The van der Waals surface area contributed by atoms with E-state index in [2.05, 4.69) is 4.90 Å². The van der Waals surface area contributed by atoms with Gasteiger partial charge in [0.25, 0.3) is 0 Å². The molecule has 1 fully saturated rings. The molecule has 1 unspecified atom stereocenters. The number of rotatable bonds is 7. The number of methoxy groups -OCH3 is 1. The summed E-state index contributed by atoms with van der Waals surface area (Å²) < 4.78 is 5.03. The fraction of sp³-hybridized carbons (Fsp3) is 1.00. The normalized spacial score (nSPS) is 23.1. The Morgan fingerprint density at radius 1 is 1.43 bits per heavy atom. The maximum absolute atomic E-state index is 5.56. The summed E-state index contributed by atoms with van der Waals surface area (Å²) in [6, 6.07) is 0. The van der Waals surface area contributed by atoms with Gasteiger partial charge in [-0.05, 0) is 51.2 Å². The number of unbranched alkanes of at least 4 members (excludes halogenated alkanes) is 1. The highest BCUT2D eigenvalue weighted by atomic mass is 16.5. The van der Waals surface area contributed by atoms with Crippen molar-refractivity contribution in [2.75, 3.05) is 39.9 Å². The van der Waals surface area contributed by atoms with Crippen LogP contribution in [0.4, 0.5) is 0 Å². The van der Waals surface area contributed by atoms with Crippen LogP contribution < -0.4 is 5.73 Å². The zero-order valence-corrected chi connectivity index (χ0v) is 9.37. The molecular formula is C11H24N2O. The number of nitrogens with two attached hydrogens (primary N) is 1. The SMILES string of the molecule is COCCCCN1CCC(CCN)C1. The lowest BCUT2D eigenvalue weighted by Crippen LogP contribution is -2.22. The third-order valence-corrected chi connectivity index (χ3v) is 3.02. The maximum atomic E-state index is 5.56. The summed E-state index contributed by atoms with van der Waals surface area (Å²) in [5, 5.41) is 0. The Morgan fingerprint density at radius 3 is 3.00 bits per heavy atom. The van der Waals surface area contributed by atoms with Gasteiger partial charge in [-0.3, -0.25) is 0 Å². The topological polar surface area (TPSA) is 38.5 Å². The van der Waals surface area contributed by atoms with Crippen LogP contribution in [-0.4, -0.2) is 44.8 Å². The molecule has 0 bridgehead atoms. The van der Waals surface area contributed by atoms with Gasteiger partial charge >= 0.3 is 0 Å². The second-order valence-corrected chi connectivity index (χ2v) is 4.23. The average molecular weight is 200 g/mol. The monoisotopic (exact) mass is 200 g/mol. The first kappa shape index (κ1) is 12.0. The number of nitrogens with zero attached hydrogens (tertiary/aromatic N) is 1. The van der Waals surface area contributed by atoms with Crippen LogP contribution >= 0.6 is 0 Å². The van der Waals surface area contributed by atoms with Gasteiger partial charge in [0, 0.05) is 20.3 Å². The largest absolute Gasteiger partial charge is 0.385 e. The van der Waals surface area contributed by atoms with Crippen molar-refractivity contribution in [3.8, 4) is 0 Å². The van der Waals surface area contributed by atoms with Crippen LogP contribution in [0.15, 0.2) is 0 Å². The summed E-state index contributed by atoms with van der Waals surface area (Å²) in [5.74, 6) is 0.863. The highest BCUT2D eigenvalue weighted by molar-refractivity contribution is 4.75. The molecule has 1 heterocycles. The first-order valence-corrected chi connectivity index (χ1v) is 5.78. The molecule has 3 heteroatoms. The van der Waals surface area contributed by atoms with E-state index in [0.717, 1.165) is 19.1 Å². The minimum atomic E-state index is 0.849. The molecule has 0 saturated carbocycles. The van der Waals surface area contributed by atoms with Crippen LogP contribution in [-0.2, 0) is 4.74 Å². The molecule has 14 heavy (non-hydrogen) atoms. The summed E-state index contributed by atoms with van der Waals surface area (Å²) in [4.78, 5) is 2.57. The molecular weight excluding hydrogens is 176 g/mol. The van der Waals surface area contributed by atoms with Crippen molar-refractivity contribution in [1.82, 2.24) is 4.90 Å². The molecule has 1 aliphatic rings. The first-order valence-electron chi connectivity index (χ1n) is 5.78. The quantitative estimate of drug-likeness (QED) is 0.625. The molecule has 1 aliphatic heterocycles. The number of hydrogen-bond donors (Lipinski definition) is 1. The van der Waals surface area contributed by atoms with E-state index in [-0.39, 0.29) is 0 Å². The van der Waals surface area contributed by atoms with Crippen LogP contribution in [0.25, 0.3) is 0 Å². The lowest BCUT2D eigenvalue weighted by Gasteiger charge is -2.15. The summed E-state index contributed by atoms with van der Waals surface area (Å²) in [5.41, 5.74) is 5.56. The van der Waals surface area contributed by atoms with Crippen LogP contribution in [0.1, 0.15) is 25.7 Å². The van der Waals surface area contributed by atoms with Gasteiger partial charge in [-0.2, -0.15) is 0 Å². The van der Waals surface area contributed by atoms with E-state index in [9.17, 15) is 0 Å². The zero-order valence-electron chi connectivity index (χ0n) is 9.37. The van der Waals surface area contributed by atoms with Crippen LogP contribution in [0, 0.1) is 5.92 Å². The summed E-state index contributed by atoms with van der Waals surface area (Å²) in [6.45, 7) is 5.54. The Hall–Kier alpha value is -0.120. The van der Waals surface area contributed by atoms with E-state index in [0.29, 0.717) is 0 Å². The third-order valence-electron chi connectivity index (χ3n) is 3.02. The molecule has 1 saturated heterocycles. The van der Waals surface area contributed by atoms with Gasteiger partial charge in [0.05, 0.1) is 0 Å². The second kappa shape index (κ2) is 7.21. The Bertz CT molecular complexity index is 141. The van der Waals surface area contributed by atoms with E-state index in [1.165, 1.54) is 45.3 Å². The summed E-state index contributed by atoms with van der Waals surface area (Å²) >= 11 is 0. The van der Waals surface area contributed by atoms with E-state index < -0.39 is 0 Å². The zero-order chi connectivity index (χ0) is 10.2. The van der Waals surface area contributed by atoms with E-state index in [1.54, 1.807) is 7.11 Å². The first-order chi connectivity index (χ1) is 6.86. The average Bonchev–Trinajstić information content (AvgIpc) is 2.61. The predicted octanol–water partition coefficient (Wildman–Crippen LogP) is 1.08. The molecule has 3 nitrogen and oxygen atoms in total. The molecule has 0 aliphatic carbocycles. The fourth-order valence-corrected chi connectivity index (χ4v) is 2.17. The Balaban J connectivity index is 1.98. The lowest BCUT2D eigenvalue weighted by molar-refractivity contribution is 0.186. The molecule has 0 radical (unpaired) electrons. The van der Waals surface area contributed by atoms with E-state index in [4.69, 9.17) is 10.5 Å². The molecule has 0 amide bonds. The Kier molecular flexibility index (Phi) is 6.15. The van der Waals surface area contributed by atoms with Gasteiger partial charge in [0.2, 0.25) is 0 Å². The molecule has 0 aromatic carbocycles. The number of ether oxygens (including phenoxy) is 1. The molecule has 84 valence electrons. The number of hydrogen-bond acceptors (Lipinski definition) is 3. The van der Waals surface area contributed by atoms with Crippen molar-refractivity contribution in [2.24, 2.45) is 11.7 Å². The van der Waals surface area contributed by atoms with E-state index in [1.807, 2.05) is 0 Å².